The molecule has 0 saturated carbocycles. The molecule has 2 atom stereocenters. The van der Waals surface area contributed by atoms with Crippen molar-refractivity contribution in [2.24, 2.45) is 11.8 Å². The Kier molecular flexibility index (Phi) is 8.27. The lowest BCUT2D eigenvalue weighted by Gasteiger charge is -2.46. The molecule has 2 aromatic rings. The second-order valence-electron chi connectivity index (χ2n) is 9.90. The van der Waals surface area contributed by atoms with E-state index >= 15 is 0 Å². The minimum absolute atomic E-state index is 0.110. The molecule has 2 aliphatic rings. The Labute approximate surface area is 211 Å². The van der Waals surface area contributed by atoms with Gasteiger partial charge in [-0.2, -0.15) is 0 Å². The molecule has 184 valence electrons. The number of thiazole rings is 1. The maximum absolute atomic E-state index is 13.4. The highest BCUT2D eigenvalue weighted by Crippen LogP contribution is 2.35. The largest absolute Gasteiger partial charge is 0.343 e. The summed E-state index contributed by atoms with van der Waals surface area (Å²) in [6.45, 7) is 9.98. The predicted molar refractivity (Wildman–Crippen MR) is 137 cm³/mol. The highest BCUT2D eigenvalue weighted by Gasteiger charge is 2.37. The Hall–Kier alpha value is -1.96. The van der Waals surface area contributed by atoms with Gasteiger partial charge in [-0.25, -0.2) is 0 Å². The minimum atomic E-state index is 0.110. The maximum Gasteiger partial charge on any atom is 0.223 e. The molecule has 3 heterocycles. The second kappa shape index (κ2) is 11.2. The van der Waals surface area contributed by atoms with E-state index in [1.807, 2.05) is 28.7 Å². The molecule has 0 N–H and O–H groups in total. The molecule has 0 aliphatic carbocycles. The van der Waals surface area contributed by atoms with Gasteiger partial charge in [-0.1, -0.05) is 37.6 Å². The van der Waals surface area contributed by atoms with E-state index in [4.69, 9.17) is 11.6 Å². The number of hydrogen-bond donors (Lipinski definition) is 0. The molecule has 0 radical (unpaired) electrons. The predicted octanol–water partition coefficient (Wildman–Crippen LogP) is 4.70. The molecule has 6 nitrogen and oxygen atoms in total. The SMILES string of the molecule is CC(=O)N1CCC(CC(=O)N2CCN(C(c3ccc(Cl)cc3)c3cncs3)C[C@@H]2C(C)C)CC1. The smallest absolute Gasteiger partial charge is 0.223 e. The van der Waals surface area contributed by atoms with Gasteiger partial charge in [0, 0.05) is 68.2 Å². The first-order valence-electron chi connectivity index (χ1n) is 12.3. The number of aromatic nitrogens is 1. The number of benzene rings is 1. The van der Waals surface area contributed by atoms with Crippen molar-refractivity contribution in [3.05, 3.63) is 51.4 Å². The summed E-state index contributed by atoms with van der Waals surface area (Å²) in [4.78, 5) is 37.1. The van der Waals surface area contributed by atoms with Crippen LogP contribution in [0.3, 0.4) is 0 Å². The molecule has 1 aromatic heterocycles. The van der Waals surface area contributed by atoms with Crippen molar-refractivity contribution in [1.29, 1.82) is 0 Å². The first-order valence-corrected chi connectivity index (χ1v) is 13.5. The van der Waals surface area contributed by atoms with Crippen LogP contribution >= 0.6 is 22.9 Å². The summed E-state index contributed by atoms with van der Waals surface area (Å²) >= 11 is 7.83. The number of likely N-dealkylation sites (tertiary alicyclic amines) is 1. The van der Waals surface area contributed by atoms with Crippen LogP contribution in [0.2, 0.25) is 5.02 Å². The third kappa shape index (κ3) is 5.81. The first-order chi connectivity index (χ1) is 16.3. The zero-order valence-electron chi connectivity index (χ0n) is 20.3. The summed E-state index contributed by atoms with van der Waals surface area (Å²) in [5.74, 6) is 1.13. The number of hydrogen-bond acceptors (Lipinski definition) is 5. The maximum atomic E-state index is 13.4. The fourth-order valence-corrected chi connectivity index (χ4v) is 6.23. The van der Waals surface area contributed by atoms with E-state index in [1.165, 1.54) is 10.4 Å². The van der Waals surface area contributed by atoms with E-state index in [2.05, 4.69) is 40.8 Å². The summed E-state index contributed by atoms with van der Waals surface area (Å²) in [5, 5.41) is 0.733. The second-order valence-corrected chi connectivity index (χ2v) is 11.3. The molecule has 8 heteroatoms. The Morgan fingerprint density at radius 1 is 1.12 bits per heavy atom. The number of piperazine rings is 1. The van der Waals surface area contributed by atoms with E-state index in [0.717, 1.165) is 50.6 Å². The van der Waals surface area contributed by atoms with Crippen LogP contribution in [0.4, 0.5) is 0 Å². The summed E-state index contributed by atoms with van der Waals surface area (Å²) < 4.78 is 0. The van der Waals surface area contributed by atoms with Crippen molar-refractivity contribution >= 4 is 34.8 Å². The van der Waals surface area contributed by atoms with Crippen LogP contribution < -0.4 is 0 Å². The van der Waals surface area contributed by atoms with Crippen LogP contribution in [0.15, 0.2) is 36.0 Å². The number of amides is 2. The van der Waals surface area contributed by atoms with Gasteiger partial charge < -0.3 is 9.80 Å². The average molecular weight is 503 g/mol. The number of piperidine rings is 1. The number of carbonyl (C=O) groups is 2. The number of nitrogens with zero attached hydrogens (tertiary/aromatic N) is 4. The van der Waals surface area contributed by atoms with Gasteiger partial charge in [-0.3, -0.25) is 19.5 Å². The Bertz CT molecular complexity index is 958. The number of halogens is 1. The lowest BCUT2D eigenvalue weighted by Crippen LogP contribution is -2.58. The highest BCUT2D eigenvalue weighted by atomic mass is 35.5. The fraction of sp³-hybridized carbons (Fsp3) is 0.577. The molecule has 4 rings (SSSR count). The molecular weight excluding hydrogens is 468 g/mol. The third-order valence-corrected chi connectivity index (χ3v) is 8.41. The van der Waals surface area contributed by atoms with Gasteiger partial charge in [-0.05, 0) is 42.4 Å². The van der Waals surface area contributed by atoms with E-state index in [1.54, 1.807) is 18.3 Å². The van der Waals surface area contributed by atoms with Gasteiger partial charge in [0.05, 0.1) is 11.6 Å². The highest BCUT2D eigenvalue weighted by molar-refractivity contribution is 7.09. The van der Waals surface area contributed by atoms with Crippen LogP contribution in [-0.2, 0) is 9.59 Å². The topological polar surface area (TPSA) is 56.8 Å². The molecule has 0 spiro atoms. The molecule has 2 saturated heterocycles. The van der Waals surface area contributed by atoms with Crippen LogP contribution in [0, 0.1) is 11.8 Å². The molecule has 34 heavy (non-hydrogen) atoms. The molecule has 0 bridgehead atoms. The van der Waals surface area contributed by atoms with E-state index in [0.29, 0.717) is 18.3 Å². The van der Waals surface area contributed by atoms with Crippen molar-refractivity contribution in [3.8, 4) is 0 Å². The van der Waals surface area contributed by atoms with Crippen molar-refractivity contribution in [1.82, 2.24) is 19.7 Å². The molecular formula is C26H35ClN4O2S. The van der Waals surface area contributed by atoms with Gasteiger partial charge in [0.15, 0.2) is 0 Å². The lowest BCUT2D eigenvalue weighted by atomic mass is 9.91. The lowest BCUT2D eigenvalue weighted by molar-refractivity contribution is -0.139. The van der Waals surface area contributed by atoms with Gasteiger partial charge in [0.1, 0.15) is 0 Å². The fourth-order valence-electron chi connectivity index (χ4n) is 5.32. The van der Waals surface area contributed by atoms with Crippen LogP contribution in [0.25, 0.3) is 0 Å². The van der Waals surface area contributed by atoms with Crippen molar-refractivity contribution in [2.45, 2.75) is 52.1 Å². The zero-order chi connectivity index (χ0) is 24.2. The normalized spacial score (nSPS) is 21.1. The first kappa shape index (κ1) is 25.1. The van der Waals surface area contributed by atoms with Crippen molar-refractivity contribution in [3.63, 3.8) is 0 Å². The zero-order valence-corrected chi connectivity index (χ0v) is 21.9. The van der Waals surface area contributed by atoms with E-state index in [-0.39, 0.29) is 23.9 Å². The monoisotopic (exact) mass is 502 g/mol. The minimum Gasteiger partial charge on any atom is -0.343 e. The average Bonchev–Trinajstić information content (AvgIpc) is 3.35. The summed E-state index contributed by atoms with van der Waals surface area (Å²) in [7, 11) is 0. The Balaban J connectivity index is 1.46. The Morgan fingerprint density at radius 3 is 2.41 bits per heavy atom. The number of carbonyl (C=O) groups excluding carboxylic acids is 2. The molecule has 2 fully saturated rings. The summed E-state index contributed by atoms with van der Waals surface area (Å²) in [5.41, 5.74) is 3.09. The summed E-state index contributed by atoms with van der Waals surface area (Å²) in [6, 6.07) is 8.37. The van der Waals surface area contributed by atoms with Crippen LogP contribution in [0.5, 0.6) is 0 Å². The van der Waals surface area contributed by atoms with Crippen LogP contribution in [-0.4, -0.2) is 70.3 Å². The van der Waals surface area contributed by atoms with Crippen molar-refractivity contribution < 1.29 is 9.59 Å². The van der Waals surface area contributed by atoms with Crippen molar-refractivity contribution in [2.75, 3.05) is 32.7 Å². The van der Waals surface area contributed by atoms with E-state index < -0.39 is 0 Å². The molecule has 1 aromatic carbocycles. The van der Waals surface area contributed by atoms with Crippen LogP contribution in [0.1, 0.15) is 56.5 Å². The van der Waals surface area contributed by atoms with Gasteiger partial charge >= 0.3 is 0 Å². The number of rotatable bonds is 6. The standard InChI is InChI=1S/C26H35ClN4O2S/c1-18(2)23-16-30(26(24-15-28-17-34-24)21-4-6-22(27)7-5-21)12-13-31(23)25(33)14-20-8-10-29(11-9-20)19(3)32/h4-7,15,17-18,20,23,26H,8-14,16H2,1-3H3/t23-,26?/m1/s1. The summed E-state index contributed by atoms with van der Waals surface area (Å²) in [6.07, 6.45) is 4.38. The Morgan fingerprint density at radius 2 is 1.82 bits per heavy atom. The van der Waals surface area contributed by atoms with Gasteiger partial charge in [-0.15, -0.1) is 11.3 Å². The van der Waals surface area contributed by atoms with Gasteiger partial charge in [0.25, 0.3) is 0 Å². The third-order valence-electron chi connectivity index (χ3n) is 7.33. The quantitative estimate of drug-likeness (QED) is 0.574. The molecule has 2 aliphatic heterocycles. The van der Waals surface area contributed by atoms with Gasteiger partial charge in [0.2, 0.25) is 11.8 Å². The van der Waals surface area contributed by atoms with E-state index in [9.17, 15) is 9.59 Å². The molecule has 1 unspecified atom stereocenters. The molecule has 2 amide bonds.